The van der Waals surface area contributed by atoms with Crippen molar-refractivity contribution in [2.24, 2.45) is 11.1 Å². The number of benzene rings is 1. The molecular weight excluding hydrogens is 297 g/mol. The zero-order chi connectivity index (χ0) is 15.7. The van der Waals surface area contributed by atoms with Crippen molar-refractivity contribution < 1.29 is 4.39 Å². The van der Waals surface area contributed by atoms with Gasteiger partial charge in [-0.05, 0) is 24.0 Å². The van der Waals surface area contributed by atoms with Crippen LogP contribution in [-0.4, -0.2) is 29.0 Å². The van der Waals surface area contributed by atoms with Crippen LogP contribution >= 0.6 is 11.3 Å². The van der Waals surface area contributed by atoms with Crippen LogP contribution in [0.1, 0.15) is 26.0 Å². The minimum absolute atomic E-state index is 0.128. The first-order chi connectivity index (χ1) is 10.5. The molecule has 1 fully saturated rings. The largest absolute Gasteiger partial charge is 0.327 e. The quantitative estimate of drug-likeness (QED) is 0.941. The van der Waals surface area contributed by atoms with Gasteiger partial charge in [0.05, 0.1) is 5.69 Å². The van der Waals surface area contributed by atoms with E-state index in [0.717, 1.165) is 36.8 Å². The van der Waals surface area contributed by atoms with Gasteiger partial charge in [-0.3, -0.25) is 4.90 Å². The smallest absolute Gasteiger partial charge is 0.133 e. The fraction of sp³-hybridized carbons (Fsp3) is 0.471. The Balaban J connectivity index is 1.72. The number of hydrogen-bond acceptors (Lipinski definition) is 4. The number of piperidine rings is 1. The Bertz CT molecular complexity index is 653. The summed E-state index contributed by atoms with van der Waals surface area (Å²) in [4.78, 5) is 7.00. The second kappa shape index (κ2) is 6.07. The number of thiazole rings is 1. The molecular formula is C17H22FN3S. The van der Waals surface area contributed by atoms with E-state index in [1.165, 1.54) is 17.4 Å². The van der Waals surface area contributed by atoms with E-state index in [9.17, 15) is 4.39 Å². The van der Waals surface area contributed by atoms with Crippen molar-refractivity contribution in [2.45, 2.75) is 32.9 Å². The molecule has 1 atom stereocenters. The lowest BCUT2D eigenvalue weighted by Crippen LogP contribution is -2.52. The van der Waals surface area contributed by atoms with Crippen LogP contribution in [0.4, 0.5) is 4.39 Å². The van der Waals surface area contributed by atoms with Crippen molar-refractivity contribution in [3.8, 4) is 10.6 Å². The molecule has 0 amide bonds. The number of nitrogens with zero attached hydrogens (tertiary/aromatic N) is 2. The molecule has 1 aliphatic heterocycles. The summed E-state index contributed by atoms with van der Waals surface area (Å²) < 4.78 is 13.8. The summed E-state index contributed by atoms with van der Waals surface area (Å²) in [6.07, 6.45) is 1.01. The molecule has 1 aromatic carbocycles. The van der Waals surface area contributed by atoms with Crippen LogP contribution in [0.2, 0.25) is 0 Å². The summed E-state index contributed by atoms with van der Waals surface area (Å²) in [6, 6.07) is 7.06. The molecule has 1 aromatic heterocycles. The fourth-order valence-corrected chi connectivity index (χ4v) is 3.82. The lowest BCUT2D eigenvalue weighted by Gasteiger charge is -2.42. The minimum atomic E-state index is -0.214. The first-order valence-corrected chi connectivity index (χ1v) is 8.51. The third-order valence-electron chi connectivity index (χ3n) is 4.43. The highest BCUT2D eigenvalue weighted by Gasteiger charge is 2.33. The molecule has 22 heavy (non-hydrogen) atoms. The van der Waals surface area contributed by atoms with Crippen molar-refractivity contribution in [2.75, 3.05) is 13.1 Å². The normalized spacial score (nSPS) is 21.9. The molecule has 1 saturated heterocycles. The van der Waals surface area contributed by atoms with Gasteiger partial charge in [0, 0.05) is 36.6 Å². The maximum absolute atomic E-state index is 13.8. The molecule has 2 N–H and O–H groups in total. The van der Waals surface area contributed by atoms with Crippen molar-refractivity contribution >= 4 is 11.3 Å². The topological polar surface area (TPSA) is 42.2 Å². The second-order valence-electron chi connectivity index (χ2n) is 6.72. The van der Waals surface area contributed by atoms with Gasteiger partial charge in [-0.1, -0.05) is 26.0 Å². The first-order valence-electron chi connectivity index (χ1n) is 7.63. The van der Waals surface area contributed by atoms with Crippen LogP contribution in [0.25, 0.3) is 10.6 Å². The van der Waals surface area contributed by atoms with Crippen LogP contribution in [0.5, 0.6) is 0 Å². The molecule has 0 spiro atoms. The Hall–Kier alpha value is -1.30. The summed E-state index contributed by atoms with van der Waals surface area (Å²) >= 11 is 1.50. The van der Waals surface area contributed by atoms with E-state index in [1.54, 1.807) is 12.1 Å². The molecule has 2 heterocycles. The van der Waals surface area contributed by atoms with E-state index >= 15 is 0 Å². The van der Waals surface area contributed by atoms with Crippen LogP contribution in [0.3, 0.4) is 0 Å². The number of hydrogen-bond donors (Lipinski definition) is 1. The average Bonchev–Trinajstić information content (AvgIpc) is 2.91. The average molecular weight is 319 g/mol. The number of nitrogens with two attached hydrogens (primary N) is 1. The number of aromatic nitrogens is 1. The maximum atomic E-state index is 13.8. The standard InChI is InChI=1S/C17H22FN3S/c1-17(2)11-21(8-7-15(17)19)9-12-10-22-16(20-12)13-5-3-4-6-14(13)18/h3-6,10,15H,7-9,11,19H2,1-2H3. The van der Waals surface area contributed by atoms with Gasteiger partial charge in [0.25, 0.3) is 0 Å². The lowest BCUT2D eigenvalue weighted by molar-refractivity contribution is 0.0891. The van der Waals surface area contributed by atoms with Crippen molar-refractivity contribution in [1.82, 2.24) is 9.88 Å². The zero-order valence-electron chi connectivity index (χ0n) is 13.1. The highest BCUT2D eigenvalue weighted by atomic mass is 32.1. The Morgan fingerprint density at radius 2 is 2.18 bits per heavy atom. The Kier molecular flexibility index (Phi) is 4.30. The Labute approximate surface area is 135 Å². The fourth-order valence-electron chi connectivity index (χ4n) is 2.99. The van der Waals surface area contributed by atoms with Gasteiger partial charge in [-0.2, -0.15) is 0 Å². The van der Waals surface area contributed by atoms with Gasteiger partial charge in [0.2, 0.25) is 0 Å². The SMILES string of the molecule is CC1(C)CN(Cc2csc(-c3ccccc3F)n2)CCC1N. The van der Waals surface area contributed by atoms with Gasteiger partial charge in [0.15, 0.2) is 0 Å². The number of rotatable bonds is 3. The summed E-state index contributed by atoms with van der Waals surface area (Å²) in [6.45, 7) is 7.21. The predicted molar refractivity (Wildman–Crippen MR) is 89.2 cm³/mol. The van der Waals surface area contributed by atoms with E-state index in [2.05, 4.69) is 23.7 Å². The van der Waals surface area contributed by atoms with Crippen LogP contribution in [-0.2, 0) is 6.54 Å². The third kappa shape index (κ3) is 3.21. The van der Waals surface area contributed by atoms with E-state index < -0.39 is 0 Å². The number of likely N-dealkylation sites (tertiary alicyclic amines) is 1. The molecule has 0 radical (unpaired) electrons. The predicted octanol–water partition coefficient (Wildman–Crippen LogP) is 3.51. The van der Waals surface area contributed by atoms with Crippen LogP contribution < -0.4 is 5.73 Å². The van der Waals surface area contributed by atoms with Gasteiger partial charge in [-0.25, -0.2) is 9.37 Å². The van der Waals surface area contributed by atoms with E-state index in [0.29, 0.717) is 5.56 Å². The molecule has 118 valence electrons. The van der Waals surface area contributed by atoms with Crippen molar-refractivity contribution in [3.63, 3.8) is 0 Å². The van der Waals surface area contributed by atoms with Crippen molar-refractivity contribution in [3.05, 3.63) is 41.2 Å². The van der Waals surface area contributed by atoms with Gasteiger partial charge < -0.3 is 5.73 Å². The summed E-state index contributed by atoms with van der Waals surface area (Å²) in [5.41, 5.74) is 7.90. The third-order valence-corrected chi connectivity index (χ3v) is 5.36. The van der Waals surface area contributed by atoms with Crippen LogP contribution in [0.15, 0.2) is 29.6 Å². The molecule has 0 bridgehead atoms. The molecule has 1 unspecified atom stereocenters. The summed E-state index contributed by atoms with van der Waals surface area (Å²) in [7, 11) is 0. The summed E-state index contributed by atoms with van der Waals surface area (Å²) in [5.74, 6) is -0.214. The monoisotopic (exact) mass is 319 g/mol. The summed E-state index contributed by atoms with van der Waals surface area (Å²) in [5, 5.41) is 2.78. The van der Waals surface area contributed by atoms with E-state index in [4.69, 9.17) is 5.73 Å². The van der Waals surface area contributed by atoms with E-state index in [1.807, 2.05) is 11.4 Å². The maximum Gasteiger partial charge on any atom is 0.133 e. The highest BCUT2D eigenvalue weighted by Crippen LogP contribution is 2.30. The zero-order valence-corrected chi connectivity index (χ0v) is 13.9. The molecule has 3 nitrogen and oxygen atoms in total. The molecule has 3 rings (SSSR count). The van der Waals surface area contributed by atoms with Crippen LogP contribution in [0, 0.1) is 11.2 Å². The highest BCUT2D eigenvalue weighted by molar-refractivity contribution is 7.13. The molecule has 0 saturated carbocycles. The molecule has 0 aliphatic carbocycles. The first kappa shape index (κ1) is 15.6. The van der Waals surface area contributed by atoms with Crippen molar-refractivity contribution in [1.29, 1.82) is 0 Å². The van der Waals surface area contributed by atoms with Gasteiger partial charge in [-0.15, -0.1) is 11.3 Å². The molecule has 5 heteroatoms. The molecule has 1 aliphatic rings. The van der Waals surface area contributed by atoms with Gasteiger partial charge in [0.1, 0.15) is 10.8 Å². The second-order valence-corrected chi connectivity index (χ2v) is 7.58. The Morgan fingerprint density at radius 3 is 2.91 bits per heavy atom. The van der Waals surface area contributed by atoms with Gasteiger partial charge >= 0.3 is 0 Å². The number of halogens is 1. The van der Waals surface area contributed by atoms with E-state index in [-0.39, 0.29) is 17.3 Å². The Morgan fingerprint density at radius 1 is 1.41 bits per heavy atom. The minimum Gasteiger partial charge on any atom is -0.327 e. The molecule has 2 aromatic rings. The lowest BCUT2D eigenvalue weighted by atomic mass is 9.80.